The summed E-state index contributed by atoms with van der Waals surface area (Å²) in [4.78, 5) is 17.3. The van der Waals surface area contributed by atoms with Crippen LogP contribution in [0.5, 0.6) is 5.75 Å². The van der Waals surface area contributed by atoms with E-state index in [9.17, 15) is 18.0 Å². The fraction of sp³-hybridized carbons (Fsp3) is 0.360. The van der Waals surface area contributed by atoms with Gasteiger partial charge >= 0.3 is 6.18 Å². The molecule has 0 bridgehead atoms. The Kier molecular flexibility index (Phi) is 6.04. The van der Waals surface area contributed by atoms with Crippen LogP contribution in [-0.2, 0) is 0 Å². The molecule has 1 aromatic heterocycles. The fourth-order valence-corrected chi connectivity index (χ4v) is 4.77. The molecule has 10 heteroatoms. The molecule has 1 saturated heterocycles. The number of ether oxygens (including phenoxy) is 1. The highest BCUT2D eigenvalue weighted by atomic mass is 19.4. The molecule has 1 amide bonds. The minimum absolute atomic E-state index is 0.0990. The second-order valence-electron chi connectivity index (χ2n) is 8.73. The molecule has 7 nitrogen and oxygen atoms in total. The van der Waals surface area contributed by atoms with Gasteiger partial charge in [-0.25, -0.2) is 4.68 Å². The Balaban J connectivity index is 1.39. The summed E-state index contributed by atoms with van der Waals surface area (Å²) in [7, 11) is 1.51. The SMILES string of the molecule is COc1cccc([C@@H]2C[C@H](C(F)(F)F)n3ncc(C(=O)N4CCN(c5ccccc5)CC4)c3N2)c1. The van der Waals surface area contributed by atoms with Crippen molar-refractivity contribution in [3.8, 4) is 5.75 Å². The zero-order valence-electron chi connectivity index (χ0n) is 19.2. The Labute approximate surface area is 201 Å². The number of rotatable bonds is 4. The van der Waals surface area contributed by atoms with Gasteiger partial charge in [0.2, 0.25) is 0 Å². The highest BCUT2D eigenvalue weighted by Gasteiger charge is 2.47. The molecule has 3 aromatic rings. The molecule has 2 atom stereocenters. The van der Waals surface area contributed by atoms with E-state index in [2.05, 4.69) is 15.3 Å². The van der Waals surface area contributed by atoms with Crippen molar-refractivity contribution in [1.82, 2.24) is 14.7 Å². The molecular formula is C25H26F3N5O2. The van der Waals surface area contributed by atoms with Crippen molar-refractivity contribution in [2.75, 3.05) is 43.5 Å². The second-order valence-corrected chi connectivity index (χ2v) is 8.73. The maximum Gasteiger partial charge on any atom is 0.410 e. The van der Waals surface area contributed by atoms with Crippen molar-refractivity contribution >= 4 is 17.4 Å². The first-order chi connectivity index (χ1) is 16.8. The lowest BCUT2D eigenvalue weighted by atomic mass is 9.96. The summed E-state index contributed by atoms with van der Waals surface area (Å²) in [6, 6.07) is 14.4. The predicted molar refractivity (Wildman–Crippen MR) is 126 cm³/mol. The van der Waals surface area contributed by atoms with Gasteiger partial charge in [0.15, 0.2) is 6.04 Å². The van der Waals surface area contributed by atoms with E-state index in [1.54, 1.807) is 29.2 Å². The Bertz CT molecular complexity index is 1190. The van der Waals surface area contributed by atoms with Crippen molar-refractivity contribution in [3.05, 3.63) is 71.9 Å². The van der Waals surface area contributed by atoms with Gasteiger partial charge in [-0.3, -0.25) is 4.79 Å². The van der Waals surface area contributed by atoms with Crippen LogP contribution in [0, 0.1) is 0 Å². The number of aromatic nitrogens is 2. The first-order valence-electron chi connectivity index (χ1n) is 11.5. The third-order valence-electron chi connectivity index (χ3n) is 6.65. The fourth-order valence-electron chi connectivity index (χ4n) is 4.77. The molecule has 3 heterocycles. The van der Waals surface area contributed by atoms with Crippen molar-refractivity contribution in [3.63, 3.8) is 0 Å². The third-order valence-corrected chi connectivity index (χ3v) is 6.65. The van der Waals surface area contributed by atoms with Crippen LogP contribution in [0.25, 0.3) is 0 Å². The highest BCUT2D eigenvalue weighted by molar-refractivity contribution is 5.99. The maximum atomic E-state index is 14.0. The number of hydrogen-bond donors (Lipinski definition) is 1. The lowest BCUT2D eigenvalue weighted by Crippen LogP contribution is -2.49. The van der Waals surface area contributed by atoms with Crippen molar-refractivity contribution in [2.24, 2.45) is 0 Å². The van der Waals surface area contributed by atoms with Gasteiger partial charge < -0.3 is 19.9 Å². The number of anilines is 2. The number of para-hydroxylation sites is 1. The Hall–Kier alpha value is -3.69. The number of piperazine rings is 1. The number of benzene rings is 2. The first kappa shape index (κ1) is 23.1. The van der Waals surface area contributed by atoms with Gasteiger partial charge in [0.05, 0.1) is 19.3 Å². The molecule has 35 heavy (non-hydrogen) atoms. The smallest absolute Gasteiger partial charge is 0.410 e. The minimum Gasteiger partial charge on any atom is -0.497 e. The van der Waals surface area contributed by atoms with E-state index in [4.69, 9.17) is 4.74 Å². The average molecular weight is 486 g/mol. The van der Waals surface area contributed by atoms with E-state index < -0.39 is 18.3 Å². The Morgan fingerprint density at radius 3 is 2.49 bits per heavy atom. The normalized spacial score (nSPS) is 20.2. The van der Waals surface area contributed by atoms with Gasteiger partial charge in [-0.1, -0.05) is 30.3 Å². The molecular weight excluding hydrogens is 459 g/mol. The van der Waals surface area contributed by atoms with Crippen LogP contribution >= 0.6 is 0 Å². The molecule has 0 saturated carbocycles. The van der Waals surface area contributed by atoms with Gasteiger partial charge in [-0.15, -0.1) is 0 Å². The van der Waals surface area contributed by atoms with E-state index in [1.165, 1.54) is 13.3 Å². The average Bonchev–Trinajstić information content (AvgIpc) is 3.31. The third kappa shape index (κ3) is 4.52. The number of amides is 1. The van der Waals surface area contributed by atoms with Crippen LogP contribution in [0.15, 0.2) is 60.8 Å². The van der Waals surface area contributed by atoms with Crippen LogP contribution in [0.4, 0.5) is 24.7 Å². The summed E-state index contributed by atoms with van der Waals surface area (Å²) in [6.07, 6.45) is -3.50. The molecule has 0 spiro atoms. The second kappa shape index (κ2) is 9.16. The summed E-state index contributed by atoms with van der Waals surface area (Å²) in [5, 5.41) is 7.15. The van der Waals surface area contributed by atoms with Crippen molar-refractivity contribution in [1.29, 1.82) is 0 Å². The quantitative estimate of drug-likeness (QED) is 0.589. The molecule has 2 aliphatic heterocycles. The van der Waals surface area contributed by atoms with Crippen LogP contribution < -0.4 is 15.0 Å². The molecule has 0 radical (unpaired) electrons. The Morgan fingerprint density at radius 1 is 1.06 bits per heavy atom. The van der Waals surface area contributed by atoms with Gasteiger partial charge in [-0.2, -0.15) is 18.3 Å². The van der Waals surface area contributed by atoms with Crippen LogP contribution in [-0.4, -0.2) is 60.1 Å². The zero-order chi connectivity index (χ0) is 24.6. The van der Waals surface area contributed by atoms with E-state index in [1.807, 2.05) is 30.3 Å². The van der Waals surface area contributed by atoms with E-state index in [-0.39, 0.29) is 23.7 Å². The summed E-state index contributed by atoms with van der Waals surface area (Å²) >= 11 is 0. The number of alkyl halides is 3. The molecule has 1 fully saturated rings. The summed E-state index contributed by atoms with van der Waals surface area (Å²) in [5.41, 5.74) is 1.89. The lowest BCUT2D eigenvalue weighted by Gasteiger charge is -2.37. The molecule has 5 rings (SSSR count). The summed E-state index contributed by atoms with van der Waals surface area (Å²) in [5.74, 6) is 0.333. The molecule has 184 valence electrons. The number of fused-ring (bicyclic) bond motifs is 1. The monoisotopic (exact) mass is 485 g/mol. The van der Waals surface area contributed by atoms with Crippen LogP contribution in [0.2, 0.25) is 0 Å². The number of nitrogens with zero attached hydrogens (tertiary/aromatic N) is 4. The number of hydrogen-bond acceptors (Lipinski definition) is 5. The van der Waals surface area contributed by atoms with Crippen molar-refractivity contribution in [2.45, 2.75) is 24.7 Å². The number of halogens is 3. The summed E-state index contributed by atoms with van der Waals surface area (Å²) < 4.78 is 48.2. The topological polar surface area (TPSA) is 62.6 Å². The van der Waals surface area contributed by atoms with Gasteiger partial charge in [-0.05, 0) is 29.8 Å². The number of methoxy groups -OCH3 is 1. The largest absolute Gasteiger partial charge is 0.497 e. The van der Waals surface area contributed by atoms with E-state index in [0.717, 1.165) is 10.4 Å². The first-order valence-corrected chi connectivity index (χ1v) is 11.5. The zero-order valence-corrected chi connectivity index (χ0v) is 19.2. The Morgan fingerprint density at radius 2 is 1.80 bits per heavy atom. The number of carbonyl (C=O) groups excluding carboxylic acids is 1. The van der Waals surface area contributed by atoms with Gasteiger partial charge in [0.25, 0.3) is 5.91 Å². The maximum absolute atomic E-state index is 14.0. The summed E-state index contributed by atoms with van der Waals surface area (Å²) in [6.45, 7) is 2.23. The standard InChI is InChI=1S/C25H26F3N5O2/c1-35-19-9-5-6-17(14-19)21-15-22(25(26,27)28)33-23(30-21)20(16-29-33)24(34)32-12-10-31(11-13-32)18-7-3-2-4-8-18/h2-9,14,16,21-22,30H,10-13,15H2,1H3/t21-,22+/m0/s1. The van der Waals surface area contributed by atoms with Gasteiger partial charge in [0, 0.05) is 38.3 Å². The highest BCUT2D eigenvalue weighted by Crippen LogP contribution is 2.44. The van der Waals surface area contributed by atoms with Crippen molar-refractivity contribution < 1.29 is 22.7 Å². The van der Waals surface area contributed by atoms with Crippen LogP contribution in [0.3, 0.4) is 0 Å². The molecule has 0 aliphatic carbocycles. The molecule has 0 unspecified atom stereocenters. The van der Waals surface area contributed by atoms with E-state index in [0.29, 0.717) is 37.5 Å². The van der Waals surface area contributed by atoms with Crippen LogP contribution in [0.1, 0.15) is 34.4 Å². The molecule has 1 N–H and O–H groups in total. The number of carbonyl (C=O) groups is 1. The minimum atomic E-state index is -4.51. The van der Waals surface area contributed by atoms with Gasteiger partial charge in [0.1, 0.15) is 17.1 Å². The molecule has 2 aliphatic rings. The predicted octanol–water partition coefficient (Wildman–Crippen LogP) is 4.51. The number of nitrogens with one attached hydrogen (secondary N) is 1. The van der Waals surface area contributed by atoms with E-state index >= 15 is 0 Å². The molecule has 2 aromatic carbocycles. The lowest BCUT2D eigenvalue weighted by molar-refractivity contribution is -0.173.